The molecule has 1 heterocycles. The lowest BCUT2D eigenvalue weighted by Crippen LogP contribution is -2.30. The summed E-state index contributed by atoms with van der Waals surface area (Å²) in [5.74, 6) is -0.0930. The minimum absolute atomic E-state index is 0.0930. The maximum Gasteiger partial charge on any atom is 0.316 e. The van der Waals surface area contributed by atoms with Crippen molar-refractivity contribution in [2.45, 2.75) is 19.4 Å². The van der Waals surface area contributed by atoms with Crippen LogP contribution in [0.15, 0.2) is 66.7 Å². The first-order chi connectivity index (χ1) is 15.5. The van der Waals surface area contributed by atoms with Crippen molar-refractivity contribution in [1.29, 1.82) is 0 Å². The average Bonchev–Trinajstić information content (AvgIpc) is 3.22. The van der Waals surface area contributed by atoms with E-state index in [1.807, 2.05) is 54.6 Å². The third-order valence-corrected chi connectivity index (χ3v) is 6.16. The number of carbonyl (C=O) groups excluding carboxylic acids is 2. The molecule has 0 aliphatic rings. The summed E-state index contributed by atoms with van der Waals surface area (Å²) >= 11 is 6.45. The first kappa shape index (κ1) is 21.7. The molecule has 0 unspecified atom stereocenters. The highest BCUT2D eigenvalue weighted by Gasteiger charge is 2.21. The van der Waals surface area contributed by atoms with Gasteiger partial charge in [-0.05, 0) is 46.6 Å². The largest absolute Gasteiger partial charge is 0.351 e. The third-order valence-electron chi connectivity index (χ3n) is 5.05. The minimum atomic E-state index is -0.641. The molecule has 3 amide bonds. The fraction of sp³-hybridized carbons (Fsp3) is 0.130. The summed E-state index contributed by atoms with van der Waals surface area (Å²) in [4.78, 5) is 26.3. The smallest absolute Gasteiger partial charge is 0.316 e. The molecule has 0 aliphatic carbocycles. The van der Waals surface area contributed by atoms with E-state index >= 15 is 0 Å². The number of fused-ring (bicyclic) bond motifs is 1. The topological polar surface area (TPSA) is 104 Å². The van der Waals surface area contributed by atoms with Crippen LogP contribution in [0.5, 0.6) is 0 Å². The van der Waals surface area contributed by atoms with Crippen molar-refractivity contribution in [2.24, 2.45) is 5.73 Å². The van der Waals surface area contributed by atoms with E-state index in [2.05, 4.69) is 15.5 Å². The zero-order valence-corrected chi connectivity index (χ0v) is 18.7. The molecule has 0 atom stereocenters. The van der Waals surface area contributed by atoms with Gasteiger partial charge in [-0.2, -0.15) is 0 Å². The average molecular weight is 464 g/mol. The molecule has 32 heavy (non-hydrogen) atoms. The first-order valence-corrected chi connectivity index (χ1v) is 11.2. The Morgan fingerprint density at radius 2 is 1.75 bits per heavy atom. The lowest BCUT2D eigenvalue weighted by Gasteiger charge is -2.21. The third kappa shape index (κ3) is 5.01. The molecular weight excluding hydrogens is 442 g/mol. The molecular formula is C23H21N5O2S2. The molecule has 0 spiro atoms. The number of benzene rings is 3. The lowest BCUT2D eigenvalue weighted by atomic mass is 10.0. The Balaban J connectivity index is 1.59. The van der Waals surface area contributed by atoms with Crippen LogP contribution in [-0.2, 0) is 17.8 Å². The summed E-state index contributed by atoms with van der Waals surface area (Å²) in [6, 6.07) is 20.8. The molecule has 0 saturated heterocycles. The number of nitrogens with zero attached hydrogens (tertiary/aromatic N) is 2. The van der Waals surface area contributed by atoms with Gasteiger partial charge in [0.2, 0.25) is 11.0 Å². The Labute approximate surface area is 193 Å². The Bertz CT molecular complexity index is 1330. The minimum Gasteiger partial charge on any atom is -0.351 e. The summed E-state index contributed by atoms with van der Waals surface area (Å²) in [5.41, 5.74) is 7.72. The van der Waals surface area contributed by atoms with Crippen molar-refractivity contribution >= 4 is 57.1 Å². The summed E-state index contributed by atoms with van der Waals surface area (Å²) in [6.07, 6.45) is 0.672. The van der Waals surface area contributed by atoms with Crippen LogP contribution < -0.4 is 16.0 Å². The molecule has 162 valence electrons. The molecule has 7 nitrogen and oxygen atoms in total. The SMILES string of the molecule is NC(=O)Nc1ccccc1CCC(=O)N(Cc1cccc2ccccc12)c1n[nH]c(=S)s1. The van der Waals surface area contributed by atoms with Gasteiger partial charge in [-0.1, -0.05) is 72.0 Å². The molecule has 4 N–H and O–H groups in total. The van der Waals surface area contributed by atoms with Gasteiger partial charge in [0.15, 0.2) is 3.95 Å². The Hall–Kier alpha value is -3.56. The van der Waals surface area contributed by atoms with Gasteiger partial charge in [0.1, 0.15) is 0 Å². The number of urea groups is 1. The van der Waals surface area contributed by atoms with Crippen LogP contribution in [0.4, 0.5) is 15.6 Å². The number of primary amides is 1. The van der Waals surface area contributed by atoms with Gasteiger partial charge in [0.05, 0.1) is 6.54 Å². The zero-order valence-electron chi connectivity index (χ0n) is 17.1. The van der Waals surface area contributed by atoms with Gasteiger partial charge >= 0.3 is 6.03 Å². The van der Waals surface area contributed by atoms with Crippen LogP contribution in [0.1, 0.15) is 17.5 Å². The van der Waals surface area contributed by atoms with Crippen LogP contribution in [0.3, 0.4) is 0 Å². The van der Waals surface area contributed by atoms with Gasteiger partial charge in [0, 0.05) is 12.1 Å². The normalized spacial score (nSPS) is 10.8. The highest BCUT2D eigenvalue weighted by molar-refractivity contribution is 7.73. The molecule has 0 aliphatic heterocycles. The first-order valence-electron chi connectivity index (χ1n) is 9.98. The van der Waals surface area contributed by atoms with E-state index in [9.17, 15) is 9.59 Å². The molecule has 0 bridgehead atoms. The van der Waals surface area contributed by atoms with E-state index in [4.69, 9.17) is 18.0 Å². The van der Waals surface area contributed by atoms with Crippen molar-refractivity contribution < 1.29 is 9.59 Å². The quantitative estimate of drug-likeness (QED) is 0.335. The van der Waals surface area contributed by atoms with Crippen molar-refractivity contribution in [2.75, 3.05) is 10.2 Å². The molecule has 4 aromatic rings. The molecule has 0 fully saturated rings. The van der Waals surface area contributed by atoms with Gasteiger partial charge in [-0.25, -0.2) is 4.79 Å². The summed E-state index contributed by atoms with van der Waals surface area (Å²) in [7, 11) is 0. The maximum atomic E-state index is 13.3. The van der Waals surface area contributed by atoms with Gasteiger partial charge in [-0.15, -0.1) is 5.10 Å². The van der Waals surface area contributed by atoms with Crippen LogP contribution >= 0.6 is 23.6 Å². The molecule has 0 radical (unpaired) electrons. The molecule has 0 saturated carbocycles. The number of H-pyrrole nitrogens is 1. The van der Waals surface area contributed by atoms with Crippen molar-refractivity contribution in [3.8, 4) is 0 Å². The Kier molecular flexibility index (Phi) is 6.58. The van der Waals surface area contributed by atoms with Crippen molar-refractivity contribution in [3.63, 3.8) is 0 Å². The van der Waals surface area contributed by atoms with Crippen LogP contribution in [0, 0.1) is 3.95 Å². The van der Waals surface area contributed by atoms with E-state index in [-0.39, 0.29) is 12.3 Å². The van der Waals surface area contributed by atoms with Crippen molar-refractivity contribution in [1.82, 2.24) is 10.2 Å². The predicted molar refractivity (Wildman–Crippen MR) is 130 cm³/mol. The number of hydrogen-bond acceptors (Lipinski definition) is 5. The Morgan fingerprint density at radius 3 is 2.53 bits per heavy atom. The molecule has 9 heteroatoms. The van der Waals surface area contributed by atoms with Crippen LogP contribution in [0.25, 0.3) is 10.8 Å². The number of aromatic amines is 1. The fourth-order valence-corrected chi connectivity index (χ4v) is 4.46. The van der Waals surface area contributed by atoms with E-state index in [0.717, 1.165) is 21.9 Å². The van der Waals surface area contributed by atoms with Gasteiger partial charge in [-0.3, -0.25) is 14.8 Å². The Morgan fingerprint density at radius 1 is 1.03 bits per heavy atom. The molecule has 1 aromatic heterocycles. The van der Waals surface area contributed by atoms with Crippen LogP contribution in [0.2, 0.25) is 0 Å². The monoisotopic (exact) mass is 463 g/mol. The van der Waals surface area contributed by atoms with E-state index in [1.54, 1.807) is 17.0 Å². The number of carbonyl (C=O) groups is 2. The standard InChI is InChI=1S/C23H21N5O2S2/c24-21(30)25-19-11-4-2-7-16(19)12-13-20(29)28(22-26-27-23(31)32-22)14-17-9-5-8-15-6-1-3-10-18(15)17/h1-11H,12-14H2,(H,27,31)(H3,24,25,30). The number of aromatic nitrogens is 2. The highest BCUT2D eigenvalue weighted by atomic mass is 32.1. The lowest BCUT2D eigenvalue weighted by molar-refractivity contribution is -0.118. The van der Waals surface area contributed by atoms with Gasteiger partial charge in [0.25, 0.3) is 0 Å². The van der Waals surface area contributed by atoms with Crippen LogP contribution in [-0.4, -0.2) is 22.1 Å². The zero-order chi connectivity index (χ0) is 22.5. The van der Waals surface area contributed by atoms with Crippen molar-refractivity contribution in [3.05, 3.63) is 81.8 Å². The molecule has 3 aromatic carbocycles. The number of amides is 3. The van der Waals surface area contributed by atoms with E-state index in [1.165, 1.54) is 11.3 Å². The second-order valence-electron chi connectivity index (χ2n) is 7.16. The fourth-order valence-electron chi connectivity index (χ4n) is 3.57. The summed E-state index contributed by atoms with van der Waals surface area (Å²) in [6.45, 7) is 0.373. The number of nitrogens with two attached hydrogens (primary N) is 1. The maximum absolute atomic E-state index is 13.3. The number of aryl methyl sites for hydroxylation is 1. The second kappa shape index (κ2) is 9.71. The van der Waals surface area contributed by atoms with E-state index < -0.39 is 6.03 Å². The summed E-state index contributed by atoms with van der Waals surface area (Å²) < 4.78 is 0.506. The van der Waals surface area contributed by atoms with Gasteiger partial charge < -0.3 is 11.1 Å². The predicted octanol–water partition coefficient (Wildman–Crippen LogP) is 5.01. The second-order valence-corrected chi connectivity index (χ2v) is 8.80. The summed E-state index contributed by atoms with van der Waals surface area (Å²) in [5, 5.41) is 12.3. The molecule has 4 rings (SSSR count). The number of hydrogen-bond donors (Lipinski definition) is 3. The number of anilines is 2. The van der Waals surface area contributed by atoms with E-state index in [0.29, 0.717) is 27.7 Å². The number of rotatable bonds is 7. The number of nitrogens with one attached hydrogen (secondary N) is 2. The highest BCUT2D eigenvalue weighted by Crippen LogP contribution is 2.26. The number of para-hydroxylation sites is 1.